The highest BCUT2D eigenvalue weighted by Gasteiger charge is 2.42. The van der Waals surface area contributed by atoms with Gasteiger partial charge in [-0.15, -0.1) is 0 Å². The van der Waals surface area contributed by atoms with Crippen LogP contribution in [0.3, 0.4) is 0 Å². The molecule has 1 amide bonds. The number of rotatable bonds is 3. The molecule has 2 aliphatic rings. The van der Waals surface area contributed by atoms with E-state index in [-0.39, 0.29) is 17.8 Å². The summed E-state index contributed by atoms with van der Waals surface area (Å²) in [4.78, 5) is 26.5. The van der Waals surface area contributed by atoms with Crippen LogP contribution in [0.1, 0.15) is 52.4 Å². The molecule has 1 saturated heterocycles. The highest BCUT2D eigenvalue weighted by Crippen LogP contribution is 2.33. The van der Waals surface area contributed by atoms with Gasteiger partial charge in [0.15, 0.2) is 0 Å². The van der Waals surface area contributed by atoms with Crippen LogP contribution < -0.4 is 5.73 Å². The topological polar surface area (TPSA) is 72.6 Å². The van der Waals surface area contributed by atoms with E-state index in [4.69, 9.17) is 10.5 Å². The Bertz CT molecular complexity index is 399. The number of piperidine rings is 1. The van der Waals surface area contributed by atoms with Gasteiger partial charge >= 0.3 is 5.97 Å². The highest BCUT2D eigenvalue weighted by atomic mass is 16.5. The van der Waals surface area contributed by atoms with Gasteiger partial charge in [0, 0.05) is 13.1 Å². The molecule has 0 aromatic rings. The first-order chi connectivity index (χ1) is 9.96. The van der Waals surface area contributed by atoms with E-state index in [1.165, 1.54) is 0 Å². The maximum Gasteiger partial charge on any atom is 0.310 e. The predicted molar refractivity (Wildman–Crippen MR) is 80.5 cm³/mol. The van der Waals surface area contributed by atoms with Crippen molar-refractivity contribution < 1.29 is 14.3 Å². The van der Waals surface area contributed by atoms with Gasteiger partial charge in [0.1, 0.15) is 0 Å². The van der Waals surface area contributed by atoms with Gasteiger partial charge in [-0.1, -0.05) is 19.8 Å². The molecule has 2 fully saturated rings. The molecule has 2 rings (SSSR count). The number of nitrogens with two attached hydrogens (primary N) is 1. The molecule has 3 unspecified atom stereocenters. The summed E-state index contributed by atoms with van der Waals surface area (Å²) >= 11 is 0. The molecule has 0 radical (unpaired) electrons. The molecule has 21 heavy (non-hydrogen) atoms. The lowest BCUT2D eigenvalue weighted by atomic mass is 9.76. The molecule has 0 spiro atoms. The average molecular weight is 296 g/mol. The summed E-state index contributed by atoms with van der Waals surface area (Å²) in [6.07, 6.45) is 5.33. The molecule has 120 valence electrons. The van der Waals surface area contributed by atoms with Crippen LogP contribution in [0.4, 0.5) is 0 Å². The first-order valence-electron chi connectivity index (χ1n) is 8.21. The van der Waals surface area contributed by atoms with Crippen molar-refractivity contribution >= 4 is 11.9 Å². The number of hydrogen-bond donors (Lipinski definition) is 1. The van der Waals surface area contributed by atoms with Crippen LogP contribution in [-0.2, 0) is 14.3 Å². The summed E-state index contributed by atoms with van der Waals surface area (Å²) in [6, 6.07) is 0. The number of esters is 1. The van der Waals surface area contributed by atoms with Crippen molar-refractivity contribution in [3.05, 3.63) is 0 Å². The van der Waals surface area contributed by atoms with Crippen molar-refractivity contribution in [2.75, 3.05) is 19.7 Å². The Morgan fingerprint density at radius 3 is 2.76 bits per heavy atom. The number of nitrogens with zero attached hydrogens (tertiary/aromatic N) is 1. The molecule has 2 N–H and O–H groups in total. The standard InChI is InChI=1S/C16H28N2O3/c1-3-21-14(19)13-7-5-9-18(11-13)15(20)16(17)8-4-6-12(2)10-16/h12-13H,3-11,17H2,1-2H3. The molecule has 3 atom stereocenters. The van der Waals surface area contributed by atoms with Crippen LogP contribution in [0.15, 0.2) is 0 Å². The smallest absolute Gasteiger partial charge is 0.310 e. The van der Waals surface area contributed by atoms with Gasteiger partial charge in [-0.05, 0) is 38.5 Å². The summed E-state index contributed by atoms with van der Waals surface area (Å²) in [5.74, 6) is 0.159. The molecular weight excluding hydrogens is 268 g/mol. The normalized spacial score (nSPS) is 33.6. The SMILES string of the molecule is CCOC(=O)C1CCCN(C(=O)C2(N)CCCC(C)C2)C1. The summed E-state index contributed by atoms with van der Waals surface area (Å²) < 4.78 is 5.09. The molecule has 0 bridgehead atoms. The van der Waals surface area contributed by atoms with E-state index in [1.807, 2.05) is 6.92 Å². The van der Waals surface area contributed by atoms with Crippen molar-refractivity contribution in [1.82, 2.24) is 4.90 Å². The van der Waals surface area contributed by atoms with Crippen molar-refractivity contribution in [1.29, 1.82) is 0 Å². The third-order valence-corrected chi connectivity index (χ3v) is 4.79. The van der Waals surface area contributed by atoms with E-state index in [9.17, 15) is 9.59 Å². The first-order valence-corrected chi connectivity index (χ1v) is 8.21. The zero-order chi connectivity index (χ0) is 15.5. The summed E-state index contributed by atoms with van der Waals surface area (Å²) in [5, 5.41) is 0. The van der Waals surface area contributed by atoms with Gasteiger partial charge in [0.25, 0.3) is 0 Å². The highest BCUT2D eigenvalue weighted by molar-refractivity contribution is 5.87. The minimum atomic E-state index is -0.728. The Hall–Kier alpha value is -1.10. The van der Waals surface area contributed by atoms with Gasteiger partial charge in [0.2, 0.25) is 5.91 Å². The van der Waals surface area contributed by atoms with Crippen LogP contribution >= 0.6 is 0 Å². The second kappa shape index (κ2) is 6.77. The van der Waals surface area contributed by atoms with Crippen molar-refractivity contribution in [3.8, 4) is 0 Å². The molecule has 1 saturated carbocycles. The minimum Gasteiger partial charge on any atom is -0.466 e. The van der Waals surface area contributed by atoms with Gasteiger partial charge in [0.05, 0.1) is 18.1 Å². The van der Waals surface area contributed by atoms with E-state index in [1.54, 1.807) is 4.90 Å². The fourth-order valence-corrected chi connectivity index (χ4v) is 3.72. The number of carbonyl (C=O) groups is 2. The van der Waals surface area contributed by atoms with Gasteiger partial charge < -0.3 is 15.4 Å². The summed E-state index contributed by atoms with van der Waals surface area (Å²) in [7, 11) is 0. The molecule has 1 aliphatic carbocycles. The van der Waals surface area contributed by atoms with Gasteiger partial charge in [-0.3, -0.25) is 9.59 Å². The lowest BCUT2D eigenvalue weighted by Crippen LogP contribution is -2.59. The Kier molecular flexibility index (Phi) is 5.25. The third-order valence-electron chi connectivity index (χ3n) is 4.79. The maximum atomic E-state index is 12.8. The molecule has 1 heterocycles. The maximum absolute atomic E-state index is 12.8. The number of likely N-dealkylation sites (tertiary alicyclic amines) is 1. The van der Waals surface area contributed by atoms with Crippen molar-refractivity contribution in [2.24, 2.45) is 17.6 Å². The monoisotopic (exact) mass is 296 g/mol. The van der Waals surface area contributed by atoms with E-state index in [0.717, 1.165) is 38.5 Å². The zero-order valence-electron chi connectivity index (χ0n) is 13.3. The largest absolute Gasteiger partial charge is 0.466 e. The molecular formula is C16H28N2O3. The lowest BCUT2D eigenvalue weighted by Gasteiger charge is -2.41. The van der Waals surface area contributed by atoms with Crippen LogP contribution in [-0.4, -0.2) is 42.0 Å². The van der Waals surface area contributed by atoms with Crippen LogP contribution in [0, 0.1) is 11.8 Å². The summed E-state index contributed by atoms with van der Waals surface area (Å²) in [5.41, 5.74) is 5.67. The van der Waals surface area contributed by atoms with Crippen LogP contribution in [0.5, 0.6) is 0 Å². The molecule has 1 aliphatic heterocycles. The zero-order valence-corrected chi connectivity index (χ0v) is 13.3. The van der Waals surface area contributed by atoms with Gasteiger partial charge in [-0.25, -0.2) is 0 Å². The Labute approximate surface area is 127 Å². The Balaban J connectivity index is 2.00. The Morgan fingerprint density at radius 2 is 2.10 bits per heavy atom. The van der Waals surface area contributed by atoms with E-state index < -0.39 is 5.54 Å². The van der Waals surface area contributed by atoms with Crippen molar-refractivity contribution in [3.63, 3.8) is 0 Å². The lowest BCUT2D eigenvalue weighted by molar-refractivity contribution is -0.152. The van der Waals surface area contributed by atoms with Gasteiger partial charge in [-0.2, -0.15) is 0 Å². The van der Waals surface area contributed by atoms with Crippen LogP contribution in [0.2, 0.25) is 0 Å². The average Bonchev–Trinajstić information content (AvgIpc) is 2.46. The van der Waals surface area contributed by atoms with E-state index in [0.29, 0.717) is 25.6 Å². The number of ether oxygens (including phenoxy) is 1. The predicted octanol–water partition coefficient (Wildman–Crippen LogP) is 1.70. The quantitative estimate of drug-likeness (QED) is 0.805. The molecule has 0 aromatic heterocycles. The van der Waals surface area contributed by atoms with Crippen molar-refractivity contribution in [2.45, 2.75) is 57.9 Å². The number of hydrogen-bond acceptors (Lipinski definition) is 4. The fraction of sp³-hybridized carbons (Fsp3) is 0.875. The number of amides is 1. The number of carbonyl (C=O) groups excluding carboxylic acids is 2. The minimum absolute atomic E-state index is 0.0306. The summed E-state index contributed by atoms with van der Waals surface area (Å²) in [6.45, 7) is 5.53. The van der Waals surface area contributed by atoms with E-state index >= 15 is 0 Å². The first kappa shape index (κ1) is 16.3. The Morgan fingerprint density at radius 1 is 1.33 bits per heavy atom. The second-order valence-corrected chi connectivity index (χ2v) is 6.70. The fourth-order valence-electron chi connectivity index (χ4n) is 3.72. The second-order valence-electron chi connectivity index (χ2n) is 6.70. The molecule has 5 nitrogen and oxygen atoms in total. The molecule has 0 aromatic carbocycles. The third kappa shape index (κ3) is 3.76. The van der Waals surface area contributed by atoms with Crippen LogP contribution in [0.25, 0.3) is 0 Å². The molecule has 5 heteroatoms. The van der Waals surface area contributed by atoms with E-state index in [2.05, 4.69) is 6.92 Å².